The molecule has 2 heterocycles. The zero-order valence-electron chi connectivity index (χ0n) is 14.7. The van der Waals surface area contributed by atoms with Gasteiger partial charge in [-0.2, -0.15) is 0 Å². The number of nitrogens with zero attached hydrogens (tertiary/aromatic N) is 2. The Morgan fingerprint density at radius 3 is 2.76 bits per heavy atom. The summed E-state index contributed by atoms with van der Waals surface area (Å²) < 4.78 is 1.11. The van der Waals surface area contributed by atoms with Gasteiger partial charge in [0.05, 0.1) is 6.04 Å². The topological polar surface area (TPSA) is 26.7 Å². The monoisotopic (exact) mass is 420 g/mol. The smallest absolute Gasteiger partial charge is 0.115 e. The van der Waals surface area contributed by atoms with Gasteiger partial charge in [-0.05, 0) is 53.5 Å². The molecule has 1 fully saturated rings. The number of piperazine rings is 1. The Bertz CT molecular complexity index is 732. The molecule has 0 radical (unpaired) electrons. The highest BCUT2D eigenvalue weighted by Gasteiger charge is 2.35. The lowest BCUT2D eigenvalue weighted by molar-refractivity contribution is 0.0315. The zero-order valence-corrected chi connectivity index (χ0v) is 17.1. The van der Waals surface area contributed by atoms with Gasteiger partial charge < -0.3 is 5.11 Å². The Morgan fingerprint density at radius 1 is 1.32 bits per heavy atom. The summed E-state index contributed by atoms with van der Waals surface area (Å²) >= 11 is 5.36. The zero-order chi connectivity index (χ0) is 18.0. The minimum absolute atomic E-state index is 0.159. The second kappa shape index (κ2) is 8.04. The first-order valence-corrected chi connectivity index (χ1v) is 10.3. The van der Waals surface area contributed by atoms with Crippen molar-refractivity contribution in [3.8, 4) is 5.75 Å². The highest BCUT2D eigenvalue weighted by molar-refractivity contribution is 9.10. The van der Waals surface area contributed by atoms with Gasteiger partial charge in [-0.25, -0.2) is 0 Å². The van der Waals surface area contributed by atoms with Crippen LogP contribution in [0.1, 0.15) is 30.3 Å². The molecule has 1 saturated heterocycles. The predicted molar refractivity (Wildman–Crippen MR) is 109 cm³/mol. The van der Waals surface area contributed by atoms with Crippen LogP contribution in [0.25, 0.3) is 0 Å². The van der Waals surface area contributed by atoms with Crippen LogP contribution in [0, 0.1) is 0 Å². The van der Waals surface area contributed by atoms with Crippen molar-refractivity contribution in [1.29, 1.82) is 0 Å². The van der Waals surface area contributed by atoms with Crippen LogP contribution in [0.5, 0.6) is 5.75 Å². The summed E-state index contributed by atoms with van der Waals surface area (Å²) in [5.41, 5.74) is 1.14. The van der Waals surface area contributed by atoms with Gasteiger partial charge in [-0.3, -0.25) is 9.80 Å². The number of thiophene rings is 1. The fourth-order valence-corrected chi connectivity index (χ4v) is 5.28. The van der Waals surface area contributed by atoms with Gasteiger partial charge in [0.1, 0.15) is 5.75 Å². The molecule has 1 N–H and O–H groups in total. The molecular formula is C20H25BrN2OS. The van der Waals surface area contributed by atoms with Crippen LogP contribution in [0.4, 0.5) is 0 Å². The molecule has 1 aliphatic rings. The van der Waals surface area contributed by atoms with E-state index >= 15 is 0 Å². The molecule has 3 atom stereocenters. The minimum Gasteiger partial charge on any atom is -0.508 e. The van der Waals surface area contributed by atoms with E-state index in [2.05, 4.69) is 63.7 Å². The van der Waals surface area contributed by atoms with Crippen molar-refractivity contribution in [3.05, 3.63) is 63.3 Å². The van der Waals surface area contributed by atoms with E-state index in [4.69, 9.17) is 0 Å². The second-order valence-electron chi connectivity index (χ2n) is 6.80. The standard InChI is InChI=1S/C20H25BrN2OS/c1-4-8-22-11-15(3)23(12-14(22)2)20(19-10-17(21)13-25-19)16-6-5-7-18(24)9-16/h4-7,9-10,13-15,20,24H,1,8,11-12H2,2-3H3/t14-,15-,20?/m0/s1. The van der Waals surface area contributed by atoms with E-state index < -0.39 is 0 Å². The first-order chi connectivity index (χ1) is 12.0. The summed E-state index contributed by atoms with van der Waals surface area (Å²) in [6.45, 7) is 11.4. The van der Waals surface area contributed by atoms with E-state index in [9.17, 15) is 5.11 Å². The number of rotatable bonds is 5. The fraction of sp³-hybridized carbons (Fsp3) is 0.400. The van der Waals surface area contributed by atoms with E-state index in [-0.39, 0.29) is 6.04 Å². The number of benzene rings is 1. The molecule has 3 nitrogen and oxygen atoms in total. The first-order valence-electron chi connectivity index (χ1n) is 8.63. The molecule has 0 saturated carbocycles. The second-order valence-corrected chi connectivity index (χ2v) is 8.66. The molecule has 5 heteroatoms. The summed E-state index contributed by atoms with van der Waals surface area (Å²) in [6.07, 6.45) is 1.99. The lowest BCUT2D eigenvalue weighted by atomic mass is 9.98. The van der Waals surface area contributed by atoms with Crippen molar-refractivity contribution in [3.63, 3.8) is 0 Å². The third-order valence-electron chi connectivity index (χ3n) is 4.90. The van der Waals surface area contributed by atoms with Crippen LogP contribution in [0.15, 0.2) is 52.8 Å². The molecule has 0 spiro atoms. The van der Waals surface area contributed by atoms with Crippen LogP contribution < -0.4 is 0 Å². The number of phenolic OH excluding ortho intramolecular Hbond substituents is 1. The van der Waals surface area contributed by atoms with Gasteiger partial charge in [0, 0.05) is 46.4 Å². The van der Waals surface area contributed by atoms with Crippen LogP contribution >= 0.6 is 27.3 Å². The molecule has 0 aliphatic carbocycles. The van der Waals surface area contributed by atoms with Gasteiger partial charge in [0.25, 0.3) is 0 Å². The molecule has 134 valence electrons. The average molecular weight is 421 g/mol. The Balaban J connectivity index is 1.96. The van der Waals surface area contributed by atoms with E-state index in [0.29, 0.717) is 17.8 Å². The number of phenols is 1. The van der Waals surface area contributed by atoms with Crippen molar-refractivity contribution in [2.75, 3.05) is 19.6 Å². The first kappa shape index (κ1) is 18.6. The van der Waals surface area contributed by atoms with Crippen molar-refractivity contribution < 1.29 is 5.11 Å². The summed E-state index contributed by atoms with van der Waals surface area (Å²) in [4.78, 5) is 6.35. The Hall–Kier alpha value is -1.14. The third kappa shape index (κ3) is 4.17. The Labute approximate surface area is 162 Å². The number of halogens is 1. The van der Waals surface area contributed by atoms with Gasteiger partial charge in [0.15, 0.2) is 0 Å². The van der Waals surface area contributed by atoms with Gasteiger partial charge >= 0.3 is 0 Å². The van der Waals surface area contributed by atoms with Crippen molar-refractivity contribution in [2.45, 2.75) is 32.0 Å². The minimum atomic E-state index is 0.159. The van der Waals surface area contributed by atoms with Crippen molar-refractivity contribution in [1.82, 2.24) is 9.80 Å². The summed E-state index contributed by atoms with van der Waals surface area (Å²) in [5.74, 6) is 0.323. The van der Waals surface area contributed by atoms with E-state index in [1.165, 1.54) is 4.88 Å². The molecule has 1 aliphatic heterocycles. The third-order valence-corrected chi connectivity index (χ3v) is 6.65. The maximum absolute atomic E-state index is 10.00. The highest BCUT2D eigenvalue weighted by atomic mass is 79.9. The molecule has 1 unspecified atom stereocenters. The maximum atomic E-state index is 10.00. The van der Waals surface area contributed by atoms with Crippen LogP contribution in [0.2, 0.25) is 0 Å². The molecule has 2 aromatic rings. The Kier molecular flexibility index (Phi) is 6.00. The van der Waals surface area contributed by atoms with Crippen LogP contribution in [0.3, 0.4) is 0 Å². The molecular weight excluding hydrogens is 396 g/mol. The molecule has 1 aromatic carbocycles. The predicted octanol–water partition coefficient (Wildman–Crippen LogP) is 4.89. The molecule has 1 aromatic heterocycles. The number of aromatic hydroxyl groups is 1. The van der Waals surface area contributed by atoms with Crippen LogP contribution in [-0.2, 0) is 0 Å². The highest BCUT2D eigenvalue weighted by Crippen LogP contribution is 2.38. The lowest BCUT2D eigenvalue weighted by Gasteiger charge is -2.47. The van der Waals surface area contributed by atoms with Crippen LogP contribution in [-0.4, -0.2) is 46.6 Å². The van der Waals surface area contributed by atoms with E-state index in [1.54, 1.807) is 17.4 Å². The SMILES string of the molecule is C=CCN1C[C@H](C)N(C(c2cccc(O)c2)c2cc(Br)cs2)C[C@@H]1C. The van der Waals surface area contributed by atoms with Gasteiger partial charge in [0.2, 0.25) is 0 Å². The summed E-state index contributed by atoms with van der Waals surface area (Å²) in [5, 5.41) is 12.1. The molecule has 0 bridgehead atoms. The normalized spacial score (nSPS) is 23.5. The lowest BCUT2D eigenvalue weighted by Crippen LogP contribution is -2.57. The Morgan fingerprint density at radius 2 is 2.12 bits per heavy atom. The van der Waals surface area contributed by atoms with E-state index in [0.717, 1.165) is 29.7 Å². The van der Waals surface area contributed by atoms with Crippen molar-refractivity contribution >= 4 is 27.3 Å². The van der Waals surface area contributed by atoms with Gasteiger partial charge in [-0.1, -0.05) is 18.2 Å². The number of hydrogen-bond acceptors (Lipinski definition) is 4. The largest absolute Gasteiger partial charge is 0.508 e. The number of hydrogen-bond donors (Lipinski definition) is 1. The molecule has 25 heavy (non-hydrogen) atoms. The molecule has 3 rings (SSSR count). The quantitative estimate of drug-likeness (QED) is 0.697. The van der Waals surface area contributed by atoms with Gasteiger partial charge in [-0.15, -0.1) is 17.9 Å². The average Bonchev–Trinajstić information content (AvgIpc) is 2.98. The fourth-order valence-electron chi connectivity index (χ4n) is 3.69. The summed E-state index contributed by atoms with van der Waals surface area (Å²) in [6, 6.07) is 10.9. The summed E-state index contributed by atoms with van der Waals surface area (Å²) in [7, 11) is 0. The van der Waals surface area contributed by atoms with Crippen molar-refractivity contribution in [2.24, 2.45) is 0 Å². The van der Waals surface area contributed by atoms with E-state index in [1.807, 2.05) is 18.2 Å². The maximum Gasteiger partial charge on any atom is 0.115 e. The molecule has 0 amide bonds.